The second-order valence-electron chi connectivity index (χ2n) is 8.11. The molecule has 2 unspecified atom stereocenters. The van der Waals surface area contributed by atoms with Crippen molar-refractivity contribution >= 4 is 16.6 Å². The Balaban J connectivity index is 0.000000609. The summed E-state index contributed by atoms with van der Waals surface area (Å²) >= 11 is 0. The van der Waals surface area contributed by atoms with E-state index in [9.17, 15) is 18.6 Å². The fourth-order valence-electron chi connectivity index (χ4n) is 3.56. The number of para-hydroxylation sites is 2. The molecule has 0 amide bonds. The number of carbonyl (C=O) groups excluding carboxylic acids is 1. The Hall–Kier alpha value is -2.46. The second-order valence-corrected chi connectivity index (χ2v) is 9.99. The number of quaternary nitrogens is 1. The summed E-state index contributed by atoms with van der Waals surface area (Å²) < 4.78 is 30.4. The van der Waals surface area contributed by atoms with Crippen LogP contribution in [0.2, 0.25) is 0 Å². The summed E-state index contributed by atoms with van der Waals surface area (Å²) in [6.45, 7) is 6.29. The first-order valence-corrected chi connectivity index (χ1v) is 12.1. The van der Waals surface area contributed by atoms with E-state index >= 15 is 0 Å². The molecule has 0 heterocycles. The molecule has 0 spiro atoms. The molecule has 7 nitrogen and oxygen atoms in total. The topological polar surface area (TPSA) is 143 Å². The van der Waals surface area contributed by atoms with Crippen LogP contribution in [0.3, 0.4) is 0 Å². The van der Waals surface area contributed by atoms with Crippen LogP contribution in [0, 0.1) is 0 Å². The minimum Gasteiger partial charge on any atom is -0.872 e. The van der Waals surface area contributed by atoms with Crippen molar-refractivity contribution in [3.05, 3.63) is 97.1 Å². The summed E-state index contributed by atoms with van der Waals surface area (Å²) in [7, 11) is -4.03. The van der Waals surface area contributed by atoms with Crippen molar-refractivity contribution in [1.29, 1.82) is 0 Å². The molecule has 0 aliphatic heterocycles. The van der Waals surface area contributed by atoms with Gasteiger partial charge in [0.2, 0.25) is 9.84 Å². The molecule has 9 heteroatoms. The summed E-state index contributed by atoms with van der Waals surface area (Å²) in [6, 6.07) is 10.5. The summed E-state index contributed by atoms with van der Waals surface area (Å²) in [4.78, 5) is 7.26. The molecule has 0 bridgehead atoms. The molecular formula is C27H32NNaO6S. The fraction of sp³-hybridized carbons (Fsp3) is 0.222. The quantitative estimate of drug-likeness (QED) is 0.603. The van der Waals surface area contributed by atoms with Gasteiger partial charge in [-0.1, -0.05) is 96.5 Å². The van der Waals surface area contributed by atoms with Gasteiger partial charge in [0.05, 0.1) is 21.0 Å². The maximum Gasteiger partial charge on any atom is 1.00 e. The van der Waals surface area contributed by atoms with Crippen LogP contribution in [-0.4, -0.2) is 26.4 Å². The third-order valence-corrected chi connectivity index (χ3v) is 7.01. The van der Waals surface area contributed by atoms with Gasteiger partial charge in [-0.05, 0) is 38.8 Å². The second kappa shape index (κ2) is 14.9. The van der Waals surface area contributed by atoms with Crippen LogP contribution in [-0.2, 0) is 19.4 Å². The average Bonchev–Trinajstić information content (AvgIpc) is 2.81. The van der Waals surface area contributed by atoms with Crippen LogP contribution in [0.4, 0.5) is 0 Å². The van der Waals surface area contributed by atoms with Gasteiger partial charge in [0, 0.05) is 0 Å². The van der Waals surface area contributed by atoms with E-state index in [1.165, 1.54) is 36.4 Å². The number of allylic oxidation sites excluding steroid dienone is 4. The first-order chi connectivity index (χ1) is 16.2. The molecule has 0 fully saturated rings. The van der Waals surface area contributed by atoms with Crippen LogP contribution in [0.1, 0.15) is 26.7 Å². The average molecular weight is 522 g/mol. The van der Waals surface area contributed by atoms with Gasteiger partial charge in [0.25, 0.3) is 0 Å². The van der Waals surface area contributed by atoms with E-state index in [4.69, 9.17) is 9.53 Å². The van der Waals surface area contributed by atoms with Crippen molar-refractivity contribution in [3.8, 4) is 11.5 Å². The van der Waals surface area contributed by atoms with Gasteiger partial charge in [-0.3, -0.25) is 0 Å². The van der Waals surface area contributed by atoms with Gasteiger partial charge in [-0.25, -0.2) is 8.42 Å². The molecule has 36 heavy (non-hydrogen) atoms. The van der Waals surface area contributed by atoms with Crippen LogP contribution in [0.15, 0.2) is 107 Å². The molecule has 0 aromatic heterocycles. The fourth-order valence-corrected chi connectivity index (χ4v) is 4.98. The predicted octanol–water partition coefficient (Wildman–Crippen LogP) is 1.41. The third-order valence-electron chi connectivity index (χ3n) is 5.18. The van der Waals surface area contributed by atoms with E-state index in [-0.39, 0.29) is 56.7 Å². The SMILES string of the molecule is C=O.CC1(OC2(C)C=CC=CC2)C=CC=CC1.O=S(=O)(c1ccccc1[O-])c1ccccc1[O-].[NH4+].[Na+]. The molecule has 188 valence electrons. The van der Waals surface area contributed by atoms with Crippen molar-refractivity contribution in [2.45, 2.75) is 47.7 Å². The molecule has 2 atom stereocenters. The Kier molecular flexibility index (Phi) is 13.9. The first kappa shape index (κ1) is 33.5. The van der Waals surface area contributed by atoms with Gasteiger partial charge in [-0.2, -0.15) is 0 Å². The zero-order chi connectivity index (χ0) is 25.2. The summed E-state index contributed by atoms with van der Waals surface area (Å²) in [5.74, 6) is -1.23. The van der Waals surface area contributed by atoms with Crippen molar-refractivity contribution < 1.29 is 57.7 Å². The maximum atomic E-state index is 12.1. The monoisotopic (exact) mass is 521 g/mol. The smallest absolute Gasteiger partial charge is 0.872 e. The molecular weight excluding hydrogens is 489 g/mol. The van der Waals surface area contributed by atoms with Crippen LogP contribution in [0.25, 0.3) is 0 Å². The summed E-state index contributed by atoms with van der Waals surface area (Å²) in [5.41, 5.74) is -0.307. The summed E-state index contributed by atoms with van der Waals surface area (Å²) in [5, 5.41) is 22.9. The Labute approximate surface area is 235 Å². The molecule has 2 aromatic rings. The normalized spacial score (nSPS) is 21.5. The maximum absolute atomic E-state index is 12.1. The van der Waals surface area contributed by atoms with Crippen molar-refractivity contribution in [2.75, 3.05) is 0 Å². The van der Waals surface area contributed by atoms with Crippen LogP contribution < -0.4 is 45.9 Å². The van der Waals surface area contributed by atoms with Gasteiger partial charge >= 0.3 is 29.6 Å². The Bertz CT molecular complexity index is 1120. The molecule has 0 radical (unpaired) electrons. The molecule has 4 N–H and O–H groups in total. The number of hydrogen-bond donors (Lipinski definition) is 1. The third kappa shape index (κ3) is 8.89. The number of sulfone groups is 1. The van der Waals surface area contributed by atoms with E-state index < -0.39 is 21.3 Å². The van der Waals surface area contributed by atoms with Crippen LogP contribution in [0.5, 0.6) is 11.5 Å². The Morgan fingerprint density at radius 2 is 1.11 bits per heavy atom. The molecule has 4 rings (SSSR count). The Morgan fingerprint density at radius 1 is 0.750 bits per heavy atom. The number of carbonyl (C=O) groups is 1. The van der Waals surface area contributed by atoms with E-state index in [1.807, 2.05) is 6.79 Å². The van der Waals surface area contributed by atoms with Crippen LogP contribution >= 0.6 is 0 Å². The number of rotatable bonds is 4. The zero-order valence-corrected chi connectivity index (χ0v) is 24.0. The van der Waals surface area contributed by atoms with Crippen molar-refractivity contribution in [1.82, 2.24) is 6.15 Å². The van der Waals surface area contributed by atoms with Gasteiger partial charge < -0.3 is 25.9 Å². The number of hydrogen-bond acceptors (Lipinski definition) is 6. The first-order valence-electron chi connectivity index (χ1n) is 10.6. The van der Waals surface area contributed by atoms with E-state index in [0.29, 0.717) is 0 Å². The molecule has 0 saturated carbocycles. The standard InChI is InChI=1S/C14H18O.C12H10O4S.CH2O.H3N.Na/c1-13(9-5-3-6-10-13)15-14(2)11-7-4-8-12-14;13-9-5-1-3-7-11(9)17(15,16)12-8-4-2-6-10(12)14;1-2;;/h3-9,11H,10,12H2,1-2H3;1-8,13-14H;1H2;1H3;/q;;;;+1/p-1. The van der Waals surface area contributed by atoms with Gasteiger partial charge in [0.15, 0.2) is 0 Å². The van der Waals surface area contributed by atoms with Gasteiger partial charge in [-0.15, -0.1) is 0 Å². The number of benzene rings is 2. The predicted molar refractivity (Wildman–Crippen MR) is 134 cm³/mol. The Morgan fingerprint density at radius 3 is 1.42 bits per heavy atom. The largest absolute Gasteiger partial charge is 1.00 e. The number of ether oxygens (including phenoxy) is 1. The van der Waals surface area contributed by atoms with E-state index in [0.717, 1.165) is 25.0 Å². The minimum absolute atomic E-state index is 0. The van der Waals surface area contributed by atoms with E-state index in [1.54, 1.807) is 0 Å². The van der Waals surface area contributed by atoms with E-state index in [2.05, 4.69) is 62.5 Å². The summed E-state index contributed by atoms with van der Waals surface area (Å²) in [6.07, 6.45) is 18.8. The van der Waals surface area contributed by atoms with Crippen molar-refractivity contribution in [3.63, 3.8) is 0 Å². The molecule has 2 aliphatic rings. The van der Waals surface area contributed by atoms with Crippen molar-refractivity contribution in [2.24, 2.45) is 0 Å². The zero-order valence-electron chi connectivity index (χ0n) is 21.2. The molecule has 0 saturated heterocycles. The van der Waals surface area contributed by atoms with Gasteiger partial charge in [0.1, 0.15) is 6.79 Å². The molecule has 2 aromatic carbocycles. The minimum atomic E-state index is -4.03. The molecule has 2 aliphatic carbocycles.